The molecule has 1 aliphatic rings. The molecule has 0 aliphatic carbocycles. The van der Waals surface area contributed by atoms with E-state index in [4.69, 9.17) is 0 Å². The van der Waals surface area contributed by atoms with Gasteiger partial charge in [0.25, 0.3) is 0 Å². The molecule has 1 amide bonds. The highest BCUT2D eigenvalue weighted by atomic mass is 16.2. The molecule has 128 valence electrons. The van der Waals surface area contributed by atoms with E-state index in [-0.39, 0.29) is 18.0 Å². The Bertz CT molecular complexity index is 683. The van der Waals surface area contributed by atoms with Crippen molar-refractivity contribution in [2.75, 3.05) is 20.6 Å². The van der Waals surface area contributed by atoms with Gasteiger partial charge in [0, 0.05) is 12.7 Å². The lowest BCUT2D eigenvalue weighted by atomic mass is 10.2. The van der Waals surface area contributed by atoms with Crippen molar-refractivity contribution in [2.45, 2.75) is 38.4 Å². The van der Waals surface area contributed by atoms with Gasteiger partial charge in [0.1, 0.15) is 5.69 Å². The van der Waals surface area contributed by atoms with E-state index in [1.54, 1.807) is 6.20 Å². The van der Waals surface area contributed by atoms with Crippen LogP contribution in [-0.2, 0) is 11.3 Å². The second-order valence-electron chi connectivity index (χ2n) is 6.51. The van der Waals surface area contributed by atoms with Gasteiger partial charge in [0.2, 0.25) is 5.91 Å². The maximum absolute atomic E-state index is 12.6. The summed E-state index contributed by atoms with van der Waals surface area (Å²) in [4.78, 5) is 20.9. The van der Waals surface area contributed by atoms with Crippen molar-refractivity contribution in [2.24, 2.45) is 0 Å². The summed E-state index contributed by atoms with van der Waals surface area (Å²) in [7, 11) is 3.87. The Hall–Kier alpha value is -2.28. The SMILES string of the molecule is C[C@H](C(=O)N1CCC[C@@H]1Cn1cc(-c2ccccn2)nn1)N(C)C. The first-order valence-electron chi connectivity index (χ1n) is 8.34. The summed E-state index contributed by atoms with van der Waals surface area (Å²) < 4.78 is 1.82. The molecule has 1 aliphatic heterocycles. The van der Waals surface area contributed by atoms with Gasteiger partial charge >= 0.3 is 0 Å². The zero-order valence-electron chi connectivity index (χ0n) is 14.5. The van der Waals surface area contributed by atoms with Crippen molar-refractivity contribution in [3.63, 3.8) is 0 Å². The van der Waals surface area contributed by atoms with Crippen molar-refractivity contribution in [1.29, 1.82) is 0 Å². The summed E-state index contributed by atoms with van der Waals surface area (Å²) in [6, 6.07) is 5.80. The van der Waals surface area contributed by atoms with Gasteiger partial charge in [0.05, 0.1) is 30.5 Å². The van der Waals surface area contributed by atoms with Crippen molar-refractivity contribution in [1.82, 2.24) is 29.8 Å². The lowest BCUT2D eigenvalue weighted by Gasteiger charge is -2.29. The van der Waals surface area contributed by atoms with Crippen LogP contribution < -0.4 is 0 Å². The number of rotatable bonds is 5. The van der Waals surface area contributed by atoms with E-state index in [0.29, 0.717) is 6.54 Å². The number of hydrogen-bond acceptors (Lipinski definition) is 5. The van der Waals surface area contributed by atoms with Gasteiger partial charge in [-0.25, -0.2) is 4.68 Å². The number of aromatic nitrogens is 4. The molecule has 7 nitrogen and oxygen atoms in total. The Kier molecular flexibility index (Phi) is 4.89. The van der Waals surface area contributed by atoms with Crippen LogP contribution in [0.3, 0.4) is 0 Å². The van der Waals surface area contributed by atoms with Gasteiger partial charge in [-0.2, -0.15) is 0 Å². The highest BCUT2D eigenvalue weighted by Crippen LogP contribution is 2.21. The van der Waals surface area contributed by atoms with Crippen LogP contribution in [0.2, 0.25) is 0 Å². The number of likely N-dealkylation sites (N-methyl/N-ethyl adjacent to an activating group) is 1. The molecule has 0 unspecified atom stereocenters. The molecule has 3 rings (SSSR count). The van der Waals surface area contributed by atoms with E-state index in [2.05, 4.69) is 15.3 Å². The third-order valence-electron chi connectivity index (χ3n) is 4.66. The van der Waals surface area contributed by atoms with Crippen LogP contribution in [0.25, 0.3) is 11.4 Å². The molecule has 0 radical (unpaired) electrons. The summed E-state index contributed by atoms with van der Waals surface area (Å²) in [5.74, 6) is 0.188. The number of pyridine rings is 1. The zero-order chi connectivity index (χ0) is 17.1. The molecule has 0 N–H and O–H groups in total. The number of carbonyl (C=O) groups excluding carboxylic acids is 1. The fourth-order valence-electron chi connectivity index (χ4n) is 3.01. The average molecular weight is 328 g/mol. The van der Waals surface area contributed by atoms with Gasteiger partial charge in [-0.15, -0.1) is 5.10 Å². The molecular weight excluding hydrogens is 304 g/mol. The molecule has 0 aromatic carbocycles. The first-order chi connectivity index (χ1) is 11.6. The second-order valence-corrected chi connectivity index (χ2v) is 6.51. The van der Waals surface area contributed by atoms with Gasteiger partial charge in [0.15, 0.2) is 0 Å². The zero-order valence-corrected chi connectivity index (χ0v) is 14.5. The van der Waals surface area contributed by atoms with E-state index < -0.39 is 0 Å². The normalized spacial score (nSPS) is 19.0. The van der Waals surface area contributed by atoms with Crippen molar-refractivity contribution >= 4 is 5.91 Å². The molecular formula is C17H24N6O. The highest BCUT2D eigenvalue weighted by molar-refractivity contribution is 5.82. The lowest BCUT2D eigenvalue weighted by Crippen LogP contribution is -2.47. The number of hydrogen-bond donors (Lipinski definition) is 0. The minimum Gasteiger partial charge on any atom is -0.336 e. The fourth-order valence-corrected chi connectivity index (χ4v) is 3.01. The van der Waals surface area contributed by atoms with Gasteiger partial charge in [-0.05, 0) is 46.0 Å². The summed E-state index contributed by atoms with van der Waals surface area (Å²) in [5, 5.41) is 8.41. The molecule has 0 spiro atoms. The summed E-state index contributed by atoms with van der Waals surface area (Å²) in [6.45, 7) is 3.45. The van der Waals surface area contributed by atoms with E-state index in [0.717, 1.165) is 30.8 Å². The van der Waals surface area contributed by atoms with Crippen LogP contribution in [0.15, 0.2) is 30.6 Å². The van der Waals surface area contributed by atoms with Crippen LogP contribution in [0.1, 0.15) is 19.8 Å². The first kappa shape index (κ1) is 16.6. The Morgan fingerprint density at radius 1 is 1.38 bits per heavy atom. The van der Waals surface area contributed by atoms with E-state index in [1.807, 2.05) is 59.9 Å². The Morgan fingerprint density at radius 3 is 2.92 bits per heavy atom. The standard InChI is InChI=1S/C17H24N6O/c1-13(21(2)3)17(24)23-10-6-7-14(23)11-22-12-16(19-20-22)15-8-4-5-9-18-15/h4-5,8-9,12-14H,6-7,10-11H2,1-3H3/t13-,14-/m1/s1. The number of likely N-dealkylation sites (tertiary alicyclic amines) is 1. The topological polar surface area (TPSA) is 67.2 Å². The molecule has 0 saturated carbocycles. The first-order valence-corrected chi connectivity index (χ1v) is 8.34. The molecule has 2 aromatic heterocycles. The summed E-state index contributed by atoms with van der Waals surface area (Å²) in [6.07, 6.45) is 5.69. The van der Waals surface area contributed by atoms with Crippen LogP contribution in [0.5, 0.6) is 0 Å². The number of amides is 1. The molecule has 24 heavy (non-hydrogen) atoms. The van der Waals surface area contributed by atoms with Gasteiger partial charge < -0.3 is 4.90 Å². The highest BCUT2D eigenvalue weighted by Gasteiger charge is 2.32. The number of carbonyl (C=O) groups is 1. The molecule has 1 saturated heterocycles. The molecule has 3 heterocycles. The van der Waals surface area contributed by atoms with Gasteiger partial charge in [-0.3, -0.25) is 14.7 Å². The maximum atomic E-state index is 12.6. The van der Waals surface area contributed by atoms with E-state index >= 15 is 0 Å². The average Bonchev–Trinajstić information content (AvgIpc) is 3.24. The predicted octanol–water partition coefficient (Wildman–Crippen LogP) is 1.28. The second kappa shape index (κ2) is 7.09. The number of nitrogens with zero attached hydrogens (tertiary/aromatic N) is 6. The molecule has 2 aromatic rings. The van der Waals surface area contributed by atoms with Crippen molar-refractivity contribution in [3.05, 3.63) is 30.6 Å². The van der Waals surface area contributed by atoms with Crippen molar-refractivity contribution < 1.29 is 4.79 Å². The van der Waals surface area contributed by atoms with Gasteiger partial charge in [-0.1, -0.05) is 11.3 Å². The fraction of sp³-hybridized carbons (Fsp3) is 0.529. The maximum Gasteiger partial charge on any atom is 0.239 e. The third kappa shape index (κ3) is 3.46. The largest absolute Gasteiger partial charge is 0.336 e. The molecule has 7 heteroatoms. The third-order valence-corrected chi connectivity index (χ3v) is 4.66. The van der Waals surface area contributed by atoms with E-state index in [1.165, 1.54) is 0 Å². The minimum absolute atomic E-state index is 0.106. The molecule has 2 atom stereocenters. The molecule has 1 fully saturated rings. The lowest BCUT2D eigenvalue weighted by molar-refractivity contribution is -0.136. The summed E-state index contributed by atoms with van der Waals surface area (Å²) in [5.41, 5.74) is 1.57. The molecule has 0 bridgehead atoms. The monoisotopic (exact) mass is 328 g/mol. The Labute approximate surface area is 142 Å². The minimum atomic E-state index is -0.106. The van der Waals surface area contributed by atoms with Crippen LogP contribution in [-0.4, -0.2) is 68.4 Å². The van der Waals surface area contributed by atoms with Crippen molar-refractivity contribution in [3.8, 4) is 11.4 Å². The quantitative estimate of drug-likeness (QED) is 0.827. The van der Waals surface area contributed by atoms with Crippen LogP contribution >= 0.6 is 0 Å². The van der Waals surface area contributed by atoms with E-state index in [9.17, 15) is 4.79 Å². The predicted molar refractivity (Wildman–Crippen MR) is 91.1 cm³/mol. The Balaban J connectivity index is 1.69. The van der Waals surface area contributed by atoms with Crippen LogP contribution in [0, 0.1) is 0 Å². The summed E-state index contributed by atoms with van der Waals surface area (Å²) >= 11 is 0. The van der Waals surface area contributed by atoms with Crippen LogP contribution in [0.4, 0.5) is 0 Å². The Morgan fingerprint density at radius 2 is 2.21 bits per heavy atom. The smallest absolute Gasteiger partial charge is 0.239 e.